The van der Waals surface area contributed by atoms with Crippen molar-refractivity contribution in [3.63, 3.8) is 0 Å². The van der Waals surface area contributed by atoms with Crippen molar-refractivity contribution >= 4 is 40.4 Å². The van der Waals surface area contributed by atoms with E-state index in [-0.39, 0.29) is 53.6 Å². The predicted octanol–water partition coefficient (Wildman–Crippen LogP) is 4.06. The highest BCUT2D eigenvalue weighted by atomic mass is 35.5. The minimum Gasteiger partial charge on any atom is -0.358 e. The van der Waals surface area contributed by atoms with Gasteiger partial charge in [-0.2, -0.15) is 0 Å². The second-order valence-corrected chi connectivity index (χ2v) is 11.1. The van der Waals surface area contributed by atoms with Crippen LogP contribution in [0.4, 0.5) is 4.39 Å². The van der Waals surface area contributed by atoms with Crippen molar-refractivity contribution in [3.05, 3.63) is 53.1 Å². The topological polar surface area (TPSA) is 87.5 Å². The molecule has 0 bridgehead atoms. The Morgan fingerprint density at radius 2 is 1.86 bits per heavy atom. The summed E-state index contributed by atoms with van der Waals surface area (Å²) in [5, 5.41) is 3.33. The zero-order valence-electron chi connectivity index (χ0n) is 21.9. The lowest BCUT2D eigenvalue weighted by Crippen LogP contribution is -2.65. The number of pyridine rings is 1. The minimum atomic E-state index is -1.15. The number of nitrogens with zero attached hydrogens (tertiary/aromatic N) is 4. The van der Waals surface area contributed by atoms with E-state index >= 15 is 0 Å². The first-order chi connectivity index (χ1) is 17.3. The van der Waals surface area contributed by atoms with Gasteiger partial charge in [0.25, 0.3) is 5.91 Å². The molecule has 37 heavy (non-hydrogen) atoms. The van der Waals surface area contributed by atoms with Crippen molar-refractivity contribution < 1.29 is 18.8 Å². The van der Waals surface area contributed by atoms with Crippen LogP contribution in [0.25, 0.3) is 22.2 Å². The Bertz CT molecular complexity index is 1410. The number of nitrogens with one attached hydrogen (secondary N) is 1. The van der Waals surface area contributed by atoms with Gasteiger partial charge >= 0.3 is 0 Å². The van der Waals surface area contributed by atoms with E-state index in [1.165, 1.54) is 29.0 Å². The molecule has 2 aromatic heterocycles. The summed E-state index contributed by atoms with van der Waals surface area (Å²) >= 11 is 5.89. The summed E-state index contributed by atoms with van der Waals surface area (Å²) in [4.78, 5) is 46.3. The molecule has 0 aliphatic carbocycles. The molecule has 8 nitrogen and oxygen atoms in total. The molecule has 0 saturated carbocycles. The summed E-state index contributed by atoms with van der Waals surface area (Å²) in [7, 11) is 1.52. The number of piperazine rings is 1. The summed E-state index contributed by atoms with van der Waals surface area (Å²) in [6.07, 6.45) is 1.90. The Hall–Kier alpha value is -3.46. The number of benzene rings is 1. The number of likely N-dealkylation sites (N-methyl/N-ethyl adjacent to an activating group) is 1. The number of carbonyl (C=O) groups is 3. The molecular weight excluding hydrogens is 497 g/mol. The van der Waals surface area contributed by atoms with Crippen LogP contribution in [0.15, 0.2) is 36.5 Å². The summed E-state index contributed by atoms with van der Waals surface area (Å²) in [6, 6.07) is 8.08. The standard InChI is InChI=1S/C27H31ClFN5O3/c1-26(2,3)34-14-18(16-7-9-19(28)20(29)13-16)17-8-10-21(31-23(17)34)24(36)33-12-11-32(15-22(35)30-6)25(37)27(33,4)5/h7-10,13-14H,11-12,15H2,1-6H3,(H,30,35). The number of halogens is 2. The molecule has 0 atom stereocenters. The lowest BCUT2D eigenvalue weighted by Gasteiger charge is -2.45. The summed E-state index contributed by atoms with van der Waals surface area (Å²) < 4.78 is 16.2. The number of amides is 3. The summed E-state index contributed by atoms with van der Waals surface area (Å²) in [6.45, 7) is 9.85. The fourth-order valence-corrected chi connectivity index (χ4v) is 4.74. The molecule has 196 valence electrons. The van der Waals surface area contributed by atoms with E-state index in [0.29, 0.717) is 11.2 Å². The fraction of sp³-hybridized carbons (Fsp3) is 0.407. The van der Waals surface area contributed by atoms with E-state index in [2.05, 4.69) is 5.32 Å². The van der Waals surface area contributed by atoms with Gasteiger partial charge in [0, 0.05) is 42.8 Å². The number of fused-ring (bicyclic) bond motifs is 1. The molecule has 1 aromatic carbocycles. The first kappa shape index (κ1) is 26.6. The molecule has 0 unspecified atom stereocenters. The van der Waals surface area contributed by atoms with E-state index in [1.807, 2.05) is 31.5 Å². The van der Waals surface area contributed by atoms with Gasteiger partial charge in [-0.15, -0.1) is 0 Å². The third-order valence-electron chi connectivity index (χ3n) is 6.76. The lowest BCUT2D eigenvalue weighted by atomic mass is 9.96. The van der Waals surface area contributed by atoms with Crippen molar-refractivity contribution in [1.82, 2.24) is 24.7 Å². The van der Waals surface area contributed by atoms with E-state index in [1.54, 1.807) is 32.0 Å². The molecule has 3 heterocycles. The zero-order chi connectivity index (χ0) is 27.3. The average molecular weight is 528 g/mol. The van der Waals surface area contributed by atoms with Gasteiger partial charge in [0.1, 0.15) is 22.7 Å². The minimum absolute atomic E-state index is 0.0434. The quantitative estimate of drug-likeness (QED) is 0.554. The van der Waals surface area contributed by atoms with Crippen molar-refractivity contribution in [2.45, 2.75) is 45.7 Å². The van der Waals surface area contributed by atoms with E-state index in [9.17, 15) is 18.8 Å². The Kier molecular flexibility index (Phi) is 6.79. The second kappa shape index (κ2) is 9.45. The maximum Gasteiger partial charge on any atom is 0.273 e. The molecule has 1 aliphatic heterocycles. The third kappa shape index (κ3) is 4.80. The van der Waals surface area contributed by atoms with Gasteiger partial charge in [0.15, 0.2) is 0 Å². The number of rotatable bonds is 4. The van der Waals surface area contributed by atoms with Crippen LogP contribution < -0.4 is 5.32 Å². The van der Waals surface area contributed by atoms with E-state index in [4.69, 9.17) is 16.6 Å². The van der Waals surface area contributed by atoms with Crippen molar-refractivity contribution in [3.8, 4) is 11.1 Å². The van der Waals surface area contributed by atoms with E-state index < -0.39 is 11.4 Å². The molecule has 0 spiro atoms. The van der Waals surface area contributed by atoms with Crippen molar-refractivity contribution in [2.75, 3.05) is 26.7 Å². The molecular formula is C27H31ClFN5O3. The monoisotopic (exact) mass is 527 g/mol. The van der Waals surface area contributed by atoms with Gasteiger partial charge in [0.2, 0.25) is 11.8 Å². The number of hydrogen-bond donors (Lipinski definition) is 1. The highest BCUT2D eigenvalue weighted by Crippen LogP contribution is 2.35. The largest absolute Gasteiger partial charge is 0.358 e. The van der Waals surface area contributed by atoms with Crippen molar-refractivity contribution in [2.24, 2.45) is 0 Å². The van der Waals surface area contributed by atoms with Gasteiger partial charge in [-0.25, -0.2) is 9.37 Å². The Morgan fingerprint density at radius 1 is 1.16 bits per heavy atom. The highest BCUT2D eigenvalue weighted by Gasteiger charge is 2.45. The smallest absolute Gasteiger partial charge is 0.273 e. The van der Waals surface area contributed by atoms with Crippen LogP contribution in [0.2, 0.25) is 5.02 Å². The predicted molar refractivity (Wildman–Crippen MR) is 141 cm³/mol. The van der Waals surface area contributed by atoms with Crippen LogP contribution >= 0.6 is 11.6 Å². The Labute approximate surface area is 220 Å². The first-order valence-corrected chi connectivity index (χ1v) is 12.4. The summed E-state index contributed by atoms with van der Waals surface area (Å²) in [5.74, 6) is -1.46. The van der Waals surface area contributed by atoms with Gasteiger partial charge in [-0.3, -0.25) is 14.4 Å². The molecule has 3 aromatic rings. The van der Waals surface area contributed by atoms with Crippen LogP contribution in [0.1, 0.15) is 45.1 Å². The third-order valence-corrected chi connectivity index (χ3v) is 7.07. The molecule has 1 aliphatic rings. The molecule has 4 rings (SSSR count). The number of aromatic nitrogens is 2. The molecule has 3 amide bonds. The maximum atomic E-state index is 14.2. The van der Waals surface area contributed by atoms with Crippen LogP contribution in [-0.2, 0) is 15.1 Å². The van der Waals surface area contributed by atoms with Gasteiger partial charge in [0.05, 0.1) is 11.6 Å². The van der Waals surface area contributed by atoms with Crippen LogP contribution in [0.5, 0.6) is 0 Å². The van der Waals surface area contributed by atoms with Crippen molar-refractivity contribution in [1.29, 1.82) is 0 Å². The molecule has 0 radical (unpaired) electrons. The normalized spacial score (nSPS) is 15.8. The molecule has 1 saturated heterocycles. The zero-order valence-corrected chi connectivity index (χ0v) is 22.6. The van der Waals surface area contributed by atoms with Crippen LogP contribution in [0.3, 0.4) is 0 Å². The number of hydrogen-bond acceptors (Lipinski definition) is 4. The van der Waals surface area contributed by atoms with Gasteiger partial charge in [-0.1, -0.05) is 17.7 Å². The summed E-state index contributed by atoms with van der Waals surface area (Å²) in [5.41, 5.74) is 0.659. The number of carbonyl (C=O) groups excluding carboxylic acids is 3. The molecule has 10 heteroatoms. The fourth-order valence-electron chi connectivity index (χ4n) is 4.63. The van der Waals surface area contributed by atoms with Gasteiger partial charge < -0.3 is 19.7 Å². The average Bonchev–Trinajstić information content (AvgIpc) is 3.23. The first-order valence-electron chi connectivity index (χ1n) is 12.1. The van der Waals surface area contributed by atoms with Gasteiger partial charge in [-0.05, 0) is 64.4 Å². The second-order valence-electron chi connectivity index (χ2n) is 10.7. The molecule has 1 fully saturated rings. The van der Waals surface area contributed by atoms with Crippen LogP contribution in [-0.4, -0.2) is 69.3 Å². The van der Waals surface area contributed by atoms with Crippen LogP contribution in [0, 0.1) is 5.82 Å². The Balaban J connectivity index is 1.74. The Morgan fingerprint density at radius 3 is 2.49 bits per heavy atom. The highest BCUT2D eigenvalue weighted by molar-refractivity contribution is 6.30. The molecule has 1 N–H and O–H groups in total. The lowest BCUT2D eigenvalue weighted by molar-refractivity contribution is -0.149. The van der Waals surface area contributed by atoms with E-state index in [0.717, 1.165) is 10.9 Å². The maximum absolute atomic E-state index is 14.2. The SMILES string of the molecule is CNC(=O)CN1CCN(C(=O)c2ccc3c(-c4ccc(Cl)c(F)c4)cn(C(C)(C)C)c3n2)C(C)(C)C1=O.